The molecule has 2 aromatic carbocycles. The summed E-state index contributed by atoms with van der Waals surface area (Å²) >= 11 is 1.00. The first-order chi connectivity index (χ1) is 13.4. The van der Waals surface area contributed by atoms with Crippen LogP contribution < -0.4 is 4.72 Å². The maximum atomic E-state index is 13.1. The third-order valence-electron chi connectivity index (χ3n) is 3.83. The lowest BCUT2D eigenvalue weighted by atomic mass is 10.2. The molecule has 11 heteroatoms. The van der Waals surface area contributed by atoms with Gasteiger partial charge in [0.15, 0.2) is 10.0 Å². The molecule has 2 aromatic heterocycles. The first kappa shape index (κ1) is 18.2. The molecule has 2 heterocycles. The number of hydrogen-bond acceptors (Lipinski definition) is 7. The lowest BCUT2D eigenvalue weighted by molar-refractivity contribution is 0.603. The van der Waals surface area contributed by atoms with E-state index in [1.165, 1.54) is 23.0 Å². The normalized spacial score (nSPS) is 11.5. The summed E-state index contributed by atoms with van der Waals surface area (Å²) in [7, 11) is -2.14. The van der Waals surface area contributed by atoms with Crippen molar-refractivity contribution < 1.29 is 12.8 Å². The van der Waals surface area contributed by atoms with Gasteiger partial charge in [0.05, 0.1) is 6.20 Å². The first-order valence-corrected chi connectivity index (χ1v) is 10.3. The van der Waals surface area contributed by atoms with Crippen LogP contribution in [0.15, 0.2) is 58.9 Å². The van der Waals surface area contributed by atoms with E-state index in [9.17, 15) is 12.8 Å². The van der Waals surface area contributed by atoms with Crippen molar-refractivity contribution in [2.24, 2.45) is 7.05 Å². The number of sulfonamides is 1. The van der Waals surface area contributed by atoms with E-state index in [1.807, 2.05) is 0 Å². The number of thiazole rings is 1. The first-order valence-electron chi connectivity index (χ1n) is 8.00. The number of tetrazole rings is 1. The number of halogens is 1. The molecule has 1 N–H and O–H groups in total. The standard InChI is InChI=1S/C17H13FN6O2S2/c1-24-16(20-22-23-24)12-3-2-4-14(9-12)21-28(25,26)15-10-19-17(27-15)11-5-7-13(18)8-6-11/h2-10,21H,1H3. The summed E-state index contributed by atoms with van der Waals surface area (Å²) in [5.74, 6) is 0.144. The van der Waals surface area contributed by atoms with Gasteiger partial charge in [0.1, 0.15) is 10.8 Å². The summed E-state index contributed by atoms with van der Waals surface area (Å²) in [6, 6.07) is 12.5. The predicted molar refractivity (Wildman–Crippen MR) is 103 cm³/mol. The van der Waals surface area contributed by atoms with Gasteiger partial charge >= 0.3 is 0 Å². The van der Waals surface area contributed by atoms with Crippen molar-refractivity contribution in [1.29, 1.82) is 0 Å². The molecule has 28 heavy (non-hydrogen) atoms. The number of hydrogen-bond donors (Lipinski definition) is 1. The van der Waals surface area contributed by atoms with Crippen molar-refractivity contribution in [3.8, 4) is 22.0 Å². The maximum Gasteiger partial charge on any atom is 0.273 e. The van der Waals surface area contributed by atoms with Crippen molar-refractivity contribution in [2.75, 3.05) is 4.72 Å². The average Bonchev–Trinajstić information content (AvgIpc) is 3.32. The molecule has 4 rings (SSSR count). The van der Waals surface area contributed by atoms with E-state index in [0.717, 1.165) is 11.3 Å². The van der Waals surface area contributed by atoms with E-state index < -0.39 is 10.0 Å². The van der Waals surface area contributed by atoms with Gasteiger partial charge in [-0.1, -0.05) is 12.1 Å². The van der Waals surface area contributed by atoms with Crippen LogP contribution in [0.1, 0.15) is 0 Å². The molecule has 0 aliphatic rings. The topological polar surface area (TPSA) is 103 Å². The average molecular weight is 416 g/mol. The number of rotatable bonds is 5. The number of nitrogens with zero attached hydrogens (tertiary/aromatic N) is 5. The van der Waals surface area contributed by atoms with E-state index >= 15 is 0 Å². The van der Waals surface area contributed by atoms with Crippen molar-refractivity contribution in [3.63, 3.8) is 0 Å². The van der Waals surface area contributed by atoms with Gasteiger partial charge in [-0.3, -0.25) is 4.72 Å². The minimum absolute atomic E-state index is 0.0533. The Morgan fingerprint density at radius 2 is 1.89 bits per heavy atom. The molecule has 0 atom stereocenters. The van der Waals surface area contributed by atoms with Crippen LogP contribution in [0.25, 0.3) is 22.0 Å². The van der Waals surface area contributed by atoms with Crippen LogP contribution in [0.5, 0.6) is 0 Å². The third-order valence-corrected chi connectivity index (χ3v) is 6.72. The molecule has 0 fully saturated rings. The molecule has 4 aromatic rings. The Balaban J connectivity index is 1.60. The second-order valence-electron chi connectivity index (χ2n) is 5.80. The Morgan fingerprint density at radius 1 is 1.11 bits per heavy atom. The summed E-state index contributed by atoms with van der Waals surface area (Å²) in [5, 5.41) is 11.8. The molecule has 0 unspecified atom stereocenters. The molecule has 8 nitrogen and oxygen atoms in total. The number of aromatic nitrogens is 5. The Morgan fingerprint density at radius 3 is 2.61 bits per heavy atom. The lowest BCUT2D eigenvalue weighted by Crippen LogP contribution is -2.11. The zero-order valence-electron chi connectivity index (χ0n) is 14.4. The smallest absolute Gasteiger partial charge is 0.273 e. The molecule has 142 valence electrons. The molecule has 0 saturated carbocycles. The Hall–Kier alpha value is -3.18. The van der Waals surface area contributed by atoms with E-state index in [1.54, 1.807) is 43.4 Å². The molecule has 0 bridgehead atoms. The molecule has 0 aliphatic carbocycles. The molecule has 0 saturated heterocycles. The van der Waals surface area contributed by atoms with E-state index in [4.69, 9.17) is 0 Å². The number of aryl methyl sites for hydroxylation is 1. The van der Waals surface area contributed by atoms with E-state index in [0.29, 0.717) is 27.6 Å². The van der Waals surface area contributed by atoms with Gasteiger partial charge < -0.3 is 0 Å². The fourth-order valence-corrected chi connectivity index (χ4v) is 4.70. The van der Waals surface area contributed by atoms with Crippen molar-refractivity contribution in [3.05, 3.63) is 60.5 Å². The van der Waals surface area contributed by atoms with Gasteiger partial charge in [0.25, 0.3) is 10.0 Å². The Kier molecular flexibility index (Phi) is 4.61. The lowest BCUT2D eigenvalue weighted by Gasteiger charge is -2.07. The van der Waals surface area contributed by atoms with Crippen molar-refractivity contribution >= 4 is 27.0 Å². The van der Waals surface area contributed by atoms with Crippen molar-refractivity contribution in [2.45, 2.75) is 4.21 Å². The largest absolute Gasteiger partial charge is 0.279 e. The quantitative estimate of drug-likeness (QED) is 0.537. The minimum Gasteiger partial charge on any atom is -0.279 e. The summed E-state index contributed by atoms with van der Waals surface area (Å²) in [6.07, 6.45) is 1.28. The molecule has 0 amide bonds. The number of anilines is 1. The predicted octanol–water partition coefficient (Wildman–Crippen LogP) is 2.94. The SMILES string of the molecule is Cn1nnnc1-c1cccc(NS(=O)(=O)c2cnc(-c3ccc(F)cc3)s2)c1. The summed E-state index contributed by atoms with van der Waals surface area (Å²) in [5.41, 5.74) is 1.69. The Bertz CT molecular complexity index is 1230. The van der Waals surface area contributed by atoms with Gasteiger partial charge in [0, 0.05) is 23.9 Å². The zero-order valence-corrected chi connectivity index (χ0v) is 16.1. The molecule has 0 spiro atoms. The fourth-order valence-electron chi connectivity index (χ4n) is 2.51. The molecular weight excluding hydrogens is 403 g/mol. The maximum absolute atomic E-state index is 13.1. The minimum atomic E-state index is -3.83. The summed E-state index contributed by atoms with van der Waals surface area (Å²) in [4.78, 5) is 4.14. The highest BCUT2D eigenvalue weighted by molar-refractivity contribution is 7.94. The van der Waals surface area contributed by atoms with Crippen LogP contribution in [0.2, 0.25) is 0 Å². The van der Waals surface area contributed by atoms with Gasteiger partial charge in [-0.2, -0.15) is 0 Å². The Labute approximate surface area is 163 Å². The van der Waals surface area contributed by atoms with E-state index in [2.05, 4.69) is 25.2 Å². The highest BCUT2D eigenvalue weighted by atomic mass is 32.2. The third kappa shape index (κ3) is 3.62. The van der Waals surface area contributed by atoms with Gasteiger partial charge in [0.2, 0.25) is 0 Å². The van der Waals surface area contributed by atoms with Crippen LogP contribution in [0.4, 0.5) is 10.1 Å². The number of nitrogens with one attached hydrogen (secondary N) is 1. The van der Waals surface area contributed by atoms with Crippen molar-refractivity contribution in [1.82, 2.24) is 25.2 Å². The van der Waals surface area contributed by atoms with Crippen LogP contribution in [-0.2, 0) is 17.1 Å². The van der Waals surface area contributed by atoms with Crippen LogP contribution in [0.3, 0.4) is 0 Å². The molecular formula is C17H13FN6O2S2. The van der Waals surface area contributed by atoms with Gasteiger partial charge in [-0.05, 0) is 46.8 Å². The van der Waals surface area contributed by atoms with E-state index in [-0.39, 0.29) is 10.0 Å². The van der Waals surface area contributed by atoms with Gasteiger partial charge in [-0.25, -0.2) is 22.5 Å². The highest BCUT2D eigenvalue weighted by Crippen LogP contribution is 2.29. The highest BCUT2D eigenvalue weighted by Gasteiger charge is 2.19. The van der Waals surface area contributed by atoms with Crippen LogP contribution in [-0.4, -0.2) is 33.6 Å². The van der Waals surface area contributed by atoms with Gasteiger partial charge in [-0.15, -0.1) is 16.4 Å². The summed E-state index contributed by atoms with van der Waals surface area (Å²) in [6.45, 7) is 0. The monoisotopic (exact) mass is 416 g/mol. The summed E-state index contributed by atoms with van der Waals surface area (Å²) < 4.78 is 42.6. The molecule has 0 radical (unpaired) electrons. The number of benzene rings is 2. The van der Waals surface area contributed by atoms with Crippen LogP contribution >= 0.6 is 11.3 Å². The zero-order chi connectivity index (χ0) is 19.7. The second-order valence-corrected chi connectivity index (χ2v) is 8.74. The fraction of sp³-hybridized carbons (Fsp3) is 0.0588. The molecule has 0 aliphatic heterocycles. The van der Waals surface area contributed by atoms with Crippen LogP contribution in [0, 0.1) is 5.82 Å². The second kappa shape index (κ2) is 7.09.